The molecule has 3 rings (SSSR count). The van der Waals surface area contributed by atoms with Crippen molar-refractivity contribution < 1.29 is 0 Å². The monoisotopic (exact) mass is 357 g/mol. The van der Waals surface area contributed by atoms with Gasteiger partial charge in [0.05, 0.1) is 10.7 Å². The second-order valence-electron chi connectivity index (χ2n) is 5.93. The van der Waals surface area contributed by atoms with E-state index < -0.39 is 0 Å². The summed E-state index contributed by atoms with van der Waals surface area (Å²) < 4.78 is 0. The molecule has 124 valence electrons. The summed E-state index contributed by atoms with van der Waals surface area (Å²) in [5.74, 6) is 0. The third kappa shape index (κ3) is 3.71. The normalized spacial score (nSPS) is 10.8. The lowest BCUT2D eigenvalue weighted by atomic mass is 10.1. The van der Waals surface area contributed by atoms with Crippen molar-refractivity contribution in [2.24, 2.45) is 0 Å². The largest absolute Gasteiger partial charge is 0.362 e. The van der Waals surface area contributed by atoms with Gasteiger partial charge in [-0.3, -0.25) is 0 Å². The molecule has 3 N–H and O–H groups in total. The number of aryl methyl sites for hydroxylation is 2. The highest BCUT2D eigenvalue weighted by molar-refractivity contribution is 7.80. The fourth-order valence-corrected chi connectivity index (χ4v) is 3.45. The average molecular weight is 358 g/mol. The number of nitrogens with one attached hydrogen (secondary N) is 3. The van der Waals surface area contributed by atoms with Crippen LogP contribution in [0.4, 0.5) is 5.69 Å². The van der Waals surface area contributed by atoms with Crippen LogP contribution < -0.4 is 10.6 Å². The number of aromatic amines is 1. The quantitative estimate of drug-likeness (QED) is 0.577. The van der Waals surface area contributed by atoms with Crippen LogP contribution in [0.25, 0.3) is 10.9 Å². The molecule has 0 amide bonds. The van der Waals surface area contributed by atoms with Crippen LogP contribution in [-0.2, 0) is 6.42 Å². The Morgan fingerprint density at radius 1 is 1.21 bits per heavy atom. The van der Waals surface area contributed by atoms with Gasteiger partial charge in [0.25, 0.3) is 0 Å². The molecule has 3 aromatic rings. The van der Waals surface area contributed by atoms with Gasteiger partial charge in [0.1, 0.15) is 0 Å². The van der Waals surface area contributed by atoms with Gasteiger partial charge in [-0.1, -0.05) is 35.9 Å². The predicted octanol–water partition coefficient (Wildman–Crippen LogP) is 4.97. The van der Waals surface area contributed by atoms with Crippen molar-refractivity contribution in [3.8, 4) is 0 Å². The molecule has 0 atom stereocenters. The summed E-state index contributed by atoms with van der Waals surface area (Å²) in [4.78, 5) is 3.29. The number of hydrogen-bond acceptors (Lipinski definition) is 1. The van der Waals surface area contributed by atoms with Crippen LogP contribution in [0, 0.1) is 13.8 Å². The van der Waals surface area contributed by atoms with E-state index >= 15 is 0 Å². The molecule has 2 aromatic carbocycles. The van der Waals surface area contributed by atoms with Gasteiger partial charge in [-0.05, 0) is 61.3 Å². The zero-order chi connectivity index (χ0) is 17.1. The van der Waals surface area contributed by atoms with Crippen molar-refractivity contribution in [2.75, 3.05) is 11.9 Å². The highest BCUT2D eigenvalue weighted by Crippen LogP contribution is 2.27. The second-order valence-corrected chi connectivity index (χ2v) is 6.74. The summed E-state index contributed by atoms with van der Waals surface area (Å²) in [7, 11) is 0. The Morgan fingerprint density at radius 2 is 2.00 bits per heavy atom. The topological polar surface area (TPSA) is 39.8 Å². The molecule has 0 aliphatic carbocycles. The molecule has 24 heavy (non-hydrogen) atoms. The lowest BCUT2D eigenvalue weighted by Crippen LogP contribution is -2.30. The molecule has 0 fully saturated rings. The molecule has 1 heterocycles. The van der Waals surface area contributed by atoms with Crippen molar-refractivity contribution in [3.63, 3.8) is 0 Å². The number of rotatable bonds is 4. The van der Waals surface area contributed by atoms with Gasteiger partial charge < -0.3 is 15.6 Å². The molecular weight excluding hydrogens is 338 g/mol. The van der Waals surface area contributed by atoms with E-state index in [-0.39, 0.29) is 0 Å². The number of anilines is 1. The molecule has 0 radical (unpaired) electrons. The number of H-pyrrole nitrogens is 1. The first kappa shape index (κ1) is 16.8. The van der Waals surface area contributed by atoms with Crippen LogP contribution >= 0.6 is 23.8 Å². The molecule has 1 aromatic heterocycles. The molecule has 0 saturated heterocycles. The molecule has 0 aliphatic rings. The van der Waals surface area contributed by atoms with Crippen molar-refractivity contribution in [2.45, 2.75) is 20.3 Å². The van der Waals surface area contributed by atoms with Crippen LogP contribution in [-0.4, -0.2) is 16.6 Å². The fraction of sp³-hybridized carbons (Fsp3) is 0.211. The lowest BCUT2D eigenvalue weighted by Gasteiger charge is -2.14. The lowest BCUT2D eigenvalue weighted by molar-refractivity contribution is 0.878. The number of fused-ring (bicyclic) bond motifs is 1. The molecule has 5 heteroatoms. The molecule has 0 saturated carbocycles. The molecule has 0 spiro atoms. The molecule has 0 aliphatic heterocycles. The standard InChI is InChI=1S/C19H20ClN3S/c1-12-9-13(2)18(16(20)10-12)23-19(24)21-8-7-14-11-22-17-6-4-3-5-15(14)17/h3-6,9-11,22H,7-8H2,1-2H3,(H2,21,23,24). The SMILES string of the molecule is Cc1cc(C)c(NC(=S)NCCc2c[nH]c3ccccc23)c(Cl)c1. The number of aromatic nitrogens is 1. The van der Waals surface area contributed by atoms with E-state index in [1.165, 1.54) is 10.9 Å². The van der Waals surface area contributed by atoms with Crippen molar-refractivity contribution in [1.82, 2.24) is 10.3 Å². The first-order chi connectivity index (χ1) is 11.5. The highest BCUT2D eigenvalue weighted by Gasteiger charge is 2.08. The first-order valence-electron chi connectivity index (χ1n) is 7.91. The second kappa shape index (κ2) is 7.24. The van der Waals surface area contributed by atoms with Crippen molar-refractivity contribution in [1.29, 1.82) is 0 Å². The van der Waals surface area contributed by atoms with Gasteiger partial charge in [0, 0.05) is 23.6 Å². The van der Waals surface area contributed by atoms with E-state index in [1.807, 2.05) is 26.0 Å². The smallest absolute Gasteiger partial charge is 0.170 e. The van der Waals surface area contributed by atoms with Crippen LogP contribution in [0.3, 0.4) is 0 Å². The van der Waals surface area contributed by atoms with E-state index in [4.69, 9.17) is 23.8 Å². The Kier molecular flexibility index (Phi) is 5.07. The highest BCUT2D eigenvalue weighted by atomic mass is 35.5. The van der Waals surface area contributed by atoms with Gasteiger partial charge in [0.2, 0.25) is 0 Å². The van der Waals surface area contributed by atoms with Gasteiger partial charge in [0.15, 0.2) is 5.11 Å². The van der Waals surface area contributed by atoms with Crippen LogP contribution in [0.1, 0.15) is 16.7 Å². The zero-order valence-electron chi connectivity index (χ0n) is 13.7. The van der Waals surface area contributed by atoms with Gasteiger partial charge in [-0.15, -0.1) is 0 Å². The van der Waals surface area contributed by atoms with Crippen LogP contribution in [0.15, 0.2) is 42.6 Å². The fourth-order valence-electron chi connectivity index (χ4n) is 2.88. The summed E-state index contributed by atoms with van der Waals surface area (Å²) in [5.41, 5.74) is 5.54. The van der Waals surface area contributed by atoms with Crippen molar-refractivity contribution >= 4 is 45.5 Å². The van der Waals surface area contributed by atoms with Crippen LogP contribution in [0.2, 0.25) is 5.02 Å². The third-order valence-electron chi connectivity index (χ3n) is 4.03. The number of hydrogen-bond donors (Lipinski definition) is 3. The molecule has 0 bridgehead atoms. The molecular formula is C19H20ClN3S. The maximum atomic E-state index is 6.31. The number of para-hydroxylation sites is 1. The zero-order valence-corrected chi connectivity index (χ0v) is 15.3. The Labute approximate surface area is 152 Å². The van der Waals surface area contributed by atoms with Gasteiger partial charge in [-0.25, -0.2) is 0 Å². The van der Waals surface area contributed by atoms with Gasteiger partial charge >= 0.3 is 0 Å². The maximum Gasteiger partial charge on any atom is 0.170 e. The van der Waals surface area contributed by atoms with Crippen LogP contribution in [0.5, 0.6) is 0 Å². The molecule has 3 nitrogen and oxygen atoms in total. The van der Waals surface area contributed by atoms with E-state index in [1.54, 1.807) is 0 Å². The van der Waals surface area contributed by atoms with Gasteiger partial charge in [-0.2, -0.15) is 0 Å². The first-order valence-corrected chi connectivity index (χ1v) is 8.70. The number of halogens is 1. The Balaban J connectivity index is 1.58. The summed E-state index contributed by atoms with van der Waals surface area (Å²) in [6.45, 7) is 4.81. The minimum absolute atomic E-state index is 0.587. The number of benzene rings is 2. The summed E-state index contributed by atoms with van der Waals surface area (Å²) in [6, 6.07) is 12.3. The Morgan fingerprint density at radius 3 is 2.79 bits per heavy atom. The summed E-state index contributed by atoms with van der Waals surface area (Å²) >= 11 is 11.7. The predicted molar refractivity (Wildman–Crippen MR) is 107 cm³/mol. The minimum Gasteiger partial charge on any atom is -0.362 e. The Bertz CT molecular complexity index is 862. The van der Waals surface area contributed by atoms with E-state index in [2.05, 4.69) is 46.1 Å². The molecule has 0 unspecified atom stereocenters. The minimum atomic E-state index is 0.587. The maximum absolute atomic E-state index is 6.31. The third-order valence-corrected chi connectivity index (χ3v) is 4.57. The average Bonchev–Trinajstić information content (AvgIpc) is 2.94. The van der Waals surface area contributed by atoms with E-state index in [0.29, 0.717) is 10.1 Å². The van der Waals surface area contributed by atoms with E-state index in [0.717, 1.165) is 35.3 Å². The summed E-state index contributed by atoms with van der Waals surface area (Å²) in [6.07, 6.45) is 2.95. The number of thiocarbonyl (C=S) groups is 1. The Hall–Kier alpha value is -2.04. The summed E-state index contributed by atoms with van der Waals surface area (Å²) in [5, 5.41) is 8.99. The van der Waals surface area contributed by atoms with E-state index in [9.17, 15) is 0 Å². The van der Waals surface area contributed by atoms with Crippen molar-refractivity contribution in [3.05, 3.63) is 64.3 Å².